The Morgan fingerprint density at radius 3 is 2.52 bits per heavy atom. The highest BCUT2D eigenvalue weighted by atomic mass is 35.5. The van der Waals surface area contributed by atoms with Crippen molar-refractivity contribution in [3.05, 3.63) is 44.9 Å². The number of hydrogen-bond acceptors (Lipinski definition) is 6. The van der Waals surface area contributed by atoms with Crippen molar-refractivity contribution in [3.8, 4) is 5.75 Å². The summed E-state index contributed by atoms with van der Waals surface area (Å²) in [7, 11) is 0. The molecule has 1 amide bonds. The number of hydrogen-bond donors (Lipinski definition) is 1. The zero-order valence-electron chi connectivity index (χ0n) is 15.6. The topological polar surface area (TPSA) is 77.5 Å². The quantitative estimate of drug-likeness (QED) is 0.628. The lowest BCUT2D eigenvalue weighted by atomic mass is 10.2. The van der Waals surface area contributed by atoms with E-state index in [4.69, 9.17) is 21.1 Å². The van der Waals surface area contributed by atoms with E-state index in [-0.39, 0.29) is 25.2 Å². The van der Waals surface area contributed by atoms with Crippen molar-refractivity contribution >= 4 is 34.8 Å². The maximum atomic E-state index is 12.2. The molecule has 0 saturated carbocycles. The number of thiazole rings is 1. The number of aryl methyl sites for hydroxylation is 1. The number of carbonyl (C=O) groups excluding carboxylic acids is 2. The number of nitrogens with one attached hydrogen (secondary N) is 1. The highest BCUT2D eigenvalue weighted by Crippen LogP contribution is 2.22. The van der Waals surface area contributed by atoms with Gasteiger partial charge in [-0.2, -0.15) is 0 Å². The normalized spacial score (nSPS) is 10.7. The molecular formula is C19H23ClN2O4S. The van der Waals surface area contributed by atoms with E-state index in [2.05, 4.69) is 10.3 Å². The molecule has 0 radical (unpaired) electrons. The van der Waals surface area contributed by atoms with Crippen LogP contribution < -0.4 is 10.1 Å². The van der Waals surface area contributed by atoms with Crippen molar-refractivity contribution in [3.63, 3.8) is 0 Å². The van der Waals surface area contributed by atoms with Gasteiger partial charge in [-0.3, -0.25) is 4.79 Å². The van der Waals surface area contributed by atoms with E-state index in [1.807, 2.05) is 13.8 Å². The molecule has 0 aliphatic rings. The van der Waals surface area contributed by atoms with Crippen LogP contribution in [-0.2, 0) is 16.1 Å². The first kappa shape index (κ1) is 21.2. The van der Waals surface area contributed by atoms with Gasteiger partial charge in [0.25, 0.3) is 5.91 Å². The van der Waals surface area contributed by atoms with Gasteiger partial charge < -0.3 is 14.8 Å². The standard InChI is InChI=1S/C19H23ClN2O4S/c1-4-14(5-2)22-16(23)10-26-19(24)18-12(3)21-17(27-18)11-25-15-8-6-13(20)7-9-15/h6-9,14H,4-5,10-11H2,1-3H3,(H,22,23). The molecule has 1 heterocycles. The minimum absolute atomic E-state index is 0.0953. The summed E-state index contributed by atoms with van der Waals surface area (Å²) in [6.45, 7) is 5.64. The molecule has 1 aromatic heterocycles. The summed E-state index contributed by atoms with van der Waals surface area (Å²) in [6, 6.07) is 7.09. The fourth-order valence-electron chi connectivity index (χ4n) is 2.34. The third kappa shape index (κ3) is 6.52. The summed E-state index contributed by atoms with van der Waals surface area (Å²) in [5.74, 6) is -0.192. The average molecular weight is 411 g/mol. The third-order valence-electron chi connectivity index (χ3n) is 3.89. The molecule has 6 nitrogen and oxygen atoms in total. The number of nitrogens with zero attached hydrogens (tertiary/aromatic N) is 1. The van der Waals surface area contributed by atoms with E-state index in [1.165, 1.54) is 11.3 Å². The number of aromatic nitrogens is 1. The molecule has 0 fully saturated rings. The van der Waals surface area contributed by atoms with Crippen LogP contribution in [-0.4, -0.2) is 29.5 Å². The summed E-state index contributed by atoms with van der Waals surface area (Å²) < 4.78 is 10.7. The number of rotatable bonds is 9. The van der Waals surface area contributed by atoms with Gasteiger partial charge in [0.05, 0.1) is 5.69 Å². The van der Waals surface area contributed by atoms with E-state index < -0.39 is 5.97 Å². The highest BCUT2D eigenvalue weighted by molar-refractivity contribution is 7.13. The lowest BCUT2D eigenvalue weighted by Crippen LogP contribution is -2.36. The third-order valence-corrected chi connectivity index (χ3v) is 5.25. The van der Waals surface area contributed by atoms with Crippen molar-refractivity contribution in [2.45, 2.75) is 46.3 Å². The molecule has 0 bridgehead atoms. The number of halogens is 1. The number of benzene rings is 1. The minimum Gasteiger partial charge on any atom is -0.486 e. The molecule has 0 atom stereocenters. The van der Waals surface area contributed by atoms with Gasteiger partial charge in [0.2, 0.25) is 0 Å². The average Bonchev–Trinajstić information content (AvgIpc) is 3.04. The number of carbonyl (C=O) groups is 2. The number of esters is 1. The molecule has 0 aliphatic carbocycles. The van der Waals surface area contributed by atoms with Gasteiger partial charge in [0.15, 0.2) is 6.61 Å². The molecule has 0 unspecified atom stereocenters. The van der Waals surface area contributed by atoms with E-state index in [9.17, 15) is 9.59 Å². The van der Waals surface area contributed by atoms with Crippen molar-refractivity contribution in [1.82, 2.24) is 10.3 Å². The smallest absolute Gasteiger partial charge is 0.350 e. The molecular weight excluding hydrogens is 388 g/mol. The van der Waals surface area contributed by atoms with Gasteiger partial charge in [0.1, 0.15) is 22.2 Å². The molecule has 1 N–H and O–H groups in total. The SMILES string of the molecule is CCC(CC)NC(=O)COC(=O)c1sc(COc2ccc(Cl)cc2)nc1C. The zero-order chi connectivity index (χ0) is 19.8. The lowest BCUT2D eigenvalue weighted by molar-refractivity contribution is -0.125. The van der Waals surface area contributed by atoms with Crippen LogP contribution in [0, 0.1) is 6.92 Å². The monoisotopic (exact) mass is 410 g/mol. The molecule has 2 rings (SSSR count). The van der Waals surface area contributed by atoms with Crippen LogP contribution in [0.15, 0.2) is 24.3 Å². The Bertz CT molecular complexity index is 773. The van der Waals surface area contributed by atoms with Crippen LogP contribution in [0.25, 0.3) is 0 Å². The first-order chi connectivity index (χ1) is 12.9. The van der Waals surface area contributed by atoms with Crippen LogP contribution in [0.4, 0.5) is 0 Å². The zero-order valence-corrected chi connectivity index (χ0v) is 17.2. The Hall–Kier alpha value is -2.12. The predicted octanol–water partition coefficient (Wildman–Crippen LogP) is 4.15. The molecule has 0 spiro atoms. The molecule has 146 valence electrons. The van der Waals surface area contributed by atoms with Crippen LogP contribution in [0.1, 0.15) is 47.1 Å². The van der Waals surface area contributed by atoms with E-state index in [0.29, 0.717) is 26.4 Å². The second-order valence-corrected chi connectivity index (χ2v) is 7.44. The predicted molar refractivity (Wildman–Crippen MR) is 105 cm³/mol. The van der Waals surface area contributed by atoms with Crippen LogP contribution in [0.3, 0.4) is 0 Å². The van der Waals surface area contributed by atoms with Gasteiger partial charge in [-0.1, -0.05) is 25.4 Å². The molecule has 27 heavy (non-hydrogen) atoms. The Balaban J connectivity index is 1.88. The van der Waals surface area contributed by atoms with Crippen molar-refractivity contribution in [2.75, 3.05) is 6.61 Å². The summed E-state index contributed by atoms with van der Waals surface area (Å²) in [5, 5.41) is 4.11. The van der Waals surface area contributed by atoms with Crippen molar-refractivity contribution in [1.29, 1.82) is 0 Å². The largest absolute Gasteiger partial charge is 0.486 e. The first-order valence-electron chi connectivity index (χ1n) is 8.74. The first-order valence-corrected chi connectivity index (χ1v) is 9.93. The maximum Gasteiger partial charge on any atom is 0.350 e. The Morgan fingerprint density at radius 2 is 1.89 bits per heavy atom. The Labute approximate surface area is 167 Å². The highest BCUT2D eigenvalue weighted by Gasteiger charge is 2.19. The molecule has 0 saturated heterocycles. The molecule has 2 aromatic rings. The Kier molecular flexibility index (Phi) is 8.06. The lowest BCUT2D eigenvalue weighted by Gasteiger charge is -2.14. The second kappa shape index (κ2) is 10.3. The number of ether oxygens (including phenoxy) is 2. The van der Waals surface area contributed by atoms with E-state index in [0.717, 1.165) is 12.8 Å². The van der Waals surface area contributed by atoms with Gasteiger partial charge in [-0.25, -0.2) is 9.78 Å². The van der Waals surface area contributed by atoms with Gasteiger partial charge >= 0.3 is 5.97 Å². The summed E-state index contributed by atoms with van der Waals surface area (Å²) in [5.41, 5.74) is 0.556. The minimum atomic E-state index is -0.553. The Morgan fingerprint density at radius 1 is 1.22 bits per heavy atom. The van der Waals surface area contributed by atoms with Crippen LogP contribution in [0.2, 0.25) is 5.02 Å². The van der Waals surface area contributed by atoms with Crippen molar-refractivity contribution < 1.29 is 19.1 Å². The van der Waals surface area contributed by atoms with Crippen molar-refractivity contribution in [2.24, 2.45) is 0 Å². The summed E-state index contributed by atoms with van der Waals surface area (Å²) >= 11 is 7.03. The fraction of sp³-hybridized carbons (Fsp3) is 0.421. The summed E-state index contributed by atoms with van der Waals surface area (Å²) in [4.78, 5) is 28.8. The van der Waals surface area contributed by atoms with Gasteiger partial charge in [-0.15, -0.1) is 11.3 Å². The summed E-state index contributed by atoms with van der Waals surface area (Å²) in [6.07, 6.45) is 1.67. The van der Waals surface area contributed by atoms with Crippen LogP contribution >= 0.6 is 22.9 Å². The van der Waals surface area contributed by atoms with Gasteiger partial charge in [0, 0.05) is 11.1 Å². The number of amides is 1. The maximum absolute atomic E-state index is 12.2. The fourth-order valence-corrected chi connectivity index (χ4v) is 3.34. The molecule has 1 aromatic carbocycles. The molecule has 0 aliphatic heterocycles. The van der Waals surface area contributed by atoms with Gasteiger partial charge in [-0.05, 0) is 44.0 Å². The van der Waals surface area contributed by atoms with Crippen LogP contribution in [0.5, 0.6) is 5.75 Å². The molecule has 8 heteroatoms. The van der Waals surface area contributed by atoms with E-state index >= 15 is 0 Å². The second-order valence-electron chi connectivity index (χ2n) is 5.92. The van der Waals surface area contributed by atoms with E-state index in [1.54, 1.807) is 31.2 Å².